The third-order valence-corrected chi connectivity index (χ3v) is 24.0. The second kappa shape index (κ2) is 35.1. The van der Waals surface area contributed by atoms with Crippen LogP contribution >= 0.6 is 45.6 Å². The minimum atomic E-state index is -0.591. The third-order valence-electron chi connectivity index (χ3n) is 20.5. The van der Waals surface area contributed by atoms with E-state index in [1.165, 1.54) is 97.5 Å². The van der Waals surface area contributed by atoms with E-state index in [4.69, 9.17) is 26.8 Å². The number of aromatic nitrogens is 8. The number of alkyl carbamates (subject to hydrolysis) is 1. The maximum Gasteiger partial charge on any atom is 0.407 e. The van der Waals surface area contributed by atoms with Crippen molar-refractivity contribution >= 4 is 197 Å². The van der Waals surface area contributed by atoms with Crippen molar-refractivity contribution in [1.29, 1.82) is 0 Å². The quantitative estimate of drug-likeness (QED) is 0.0310. The summed E-state index contributed by atoms with van der Waals surface area (Å²) in [6.07, 6.45) is 8.68. The fourth-order valence-corrected chi connectivity index (χ4v) is 17.9. The number of thiophene rings is 3. The van der Waals surface area contributed by atoms with Gasteiger partial charge in [0.15, 0.2) is 17.5 Å². The molecule has 0 aliphatic carbocycles. The van der Waals surface area contributed by atoms with Crippen molar-refractivity contribution in [3.05, 3.63) is 249 Å². The lowest BCUT2D eigenvalue weighted by atomic mass is 10.1. The Balaban J connectivity index is 0.000000131. The molecule has 4 aliphatic rings. The van der Waals surface area contributed by atoms with Crippen LogP contribution in [0.4, 0.5) is 85.2 Å². The molecule has 1 saturated heterocycles. The van der Waals surface area contributed by atoms with Gasteiger partial charge in [-0.05, 0) is 177 Å². The first-order chi connectivity index (χ1) is 59.6. The fourth-order valence-electron chi connectivity index (χ4n) is 14.8. The van der Waals surface area contributed by atoms with E-state index in [-0.39, 0.29) is 29.4 Å². The smallest absolute Gasteiger partial charge is 0.407 e. The Morgan fingerprint density at radius 3 is 1.41 bits per heavy atom. The van der Waals surface area contributed by atoms with Crippen LogP contribution < -0.4 is 57.7 Å². The Labute approximate surface area is 717 Å². The largest absolute Gasteiger partial charge is 0.444 e. The molecule has 4 aliphatic heterocycles. The minimum absolute atomic E-state index is 0.271. The van der Waals surface area contributed by atoms with Crippen molar-refractivity contribution in [2.45, 2.75) is 58.8 Å². The molecule has 12 heterocycles. The molecule has 0 unspecified atom stereocenters. The molecule has 0 saturated carbocycles. The number of nitrogens with zero attached hydrogens (tertiary/aromatic N) is 12. The van der Waals surface area contributed by atoms with Crippen LogP contribution in [0.25, 0.3) is 63.6 Å². The molecule has 0 bridgehead atoms. The lowest BCUT2D eigenvalue weighted by molar-refractivity contribution is 0.0342. The van der Waals surface area contributed by atoms with Crippen LogP contribution in [0.1, 0.15) is 79.3 Å². The number of amides is 10. The normalized spacial score (nSPS) is 13.6. The van der Waals surface area contributed by atoms with Gasteiger partial charge in [0.1, 0.15) is 65.3 Å². The topological polar surface area (TPSA) is 348 Å². The molecule has 0 radical (unpaired) electrons. The van der Waals surface area contributed by atoms with Gasteiger partial charge in [-0.3, -0.25) is 19.3 Å². The number of rotatable bonds is 21. The van der Waals surface area contributed by atoms with Gasteiger partial charge in [-0.2, -0.15) is 0 Å². The number of ether oxygens (including phenoxy) is 2. The van der Waals surface area contributed by atoms with Crippen molar-refractivity contribution < 1.29 is 51.8 Å². The predicted molar refractivity (Wildman–Crippen MR) is 475 cm³/mol. The Morgan fingerprint density at radius 1 is 0.504 bits per heavy atom. The van der Waals surface area contributed by atoms with E-state index in [9.17, 15) is 42.3 Å². The number of anilines is 10. The minimum Gasteiger partial charge on any atom is -0.444 e. The zero-order valence-electron chi connectivity index (χ0n) is 66.2. The molecular formula is C88H77ClF2N20O9S3. The first kappa shape index (κ1) is 81.6. The van der Waals surface area contributed by atoms with Crippen LogP contribution in [0.15, 0.2) is 201 Å². The van der Waals surface area contributed by atoms with Crippen molar-refractivity contribution in [2.75, 3.05) is 88.4 Å². The summed E-state index contributed by atoms with van der Waals surface area (Å²) in [4.78, 5) is 127. The SMILES string of the molecule is CC(C)(C)OC(=O)NCCCNC(=O)c1sc2ncnc3c2c1NC(=O)N3c1ccc2c(ccn2Cc2cccc(F)c2)c1.NCCCNC(=O)c1sc2ncnc3c2c1NC(=O)N3c1ccc2c(ccn2Cc2cccc(F)c2)c1.O=C(Nc1ccc(CN2CCOCC2)cc1)c1sc2ncnc3c2c1NC(=O)N3c1ccc(-c2ccc(Cl)cc2)cc1. The molecule has 10 amide bonds. The van der Waals surface area contributed by atoms with Crippen LogP contribution in [-0.2, 0) is 29.1 Å². The molecule has 8 aromatic heterocycles. The first-order valence-electron chi connectivity index (χ1n) is 39.3. The maximum absolute atomic E-state index is 13.7. The van der Waals surface area contributed by atoms with Gasteiger partial charge in [0, 0.05) is 97.3 Å². The average molecular weight is 1730 g/mol. The monoisotopic (exact) mass is 1730 g/mol. The highest BCUT2D eigenvalue weighted by molar-refractivity contribution is 7.22. The number of urea groups is 3. The molecule has 0 atom stereocenters. The molecular weight excluding hydrogens is 1650 g/mol. The van der Waals surface area contributed by atoms with Crippen molar-refractivity contribution in [2.24, 2.45) is 5.73 Å². The van der Waals surface area contributed by atoms with Gasteiger partial charge >= 0.3 is 24.2 Å². The summed E-state index contributed by atoms with van der Waals surface area (Å²) < 4.78 is 42.0. The van der Waals surface area contributed by atoms with Gasteiger partial charge in [0.05, 0.1) is 63.5 Å². The predicted octanol–water partition coefficient (Wildman–Crippen LogP) is 17.5. The molecule has 1 fully saturated rings. The highest BCUT2D eigenvalue weighted by atomic mass is 35.5. The van der Waals surface area contributed by atoms with E-state index in [2.05, 4.69) is 72.0 Å². The van der Waals surface area contributed by atoms with Crippen LogP contribution in [0, 0.1) is 11.6 Å². The van der Waals surface area contributed by atoms with Crippen LogP contribution in [0.5, 0.6) is 0 Å². The number of benzene rings is 7. The van der Waals surface area contributed by atoms with E-state index >= 15 is 0 Å². The number of carbonyl (C=O) groups is 7. The Kier molecular flexibility index (Phi) is 23.3. The van der Waals surface area contributed by atoms with Crippen molar-refractivity contribution in [3.8, 4) is 11.1 Å². The molecule has 15 aromatic rings. The molecule has 35 heteroatoms. The molecule has 19 rings (SSSR count). The van der Waals surface area contributed by atoms with Crippen molar-refractivity contribution in [3.63, 3.8) is 0 Å². The second-order valence-corrected chi connectivity index (χ2v) is 33.4. The number of morpholine rings is 1. The van der Waals surface area contributed by atoms with E-state index in [1.54, 1.807) is 32.9 Å². The molecule has 622 valence electrons. The number of halogens is 3. The second-order valence-electron chi connectivity index (χ2n) is 30.0. The van der Waals surface area contributed by atoms with Gasteiger partial charge in [0.25, 0.3) is 17.7 Å². The van der Waals surface area contributed by atoms with E-state index in [1.807, 2.05) is 155 Å². The van der Waals surface area contributed by atoms with Crippen LogP contribution in [0.2, 0.25) is 5.02 Å². The Bertz CT molecular complexity index is 6630. The first-order valence-corrected chi connectivity index (χ1v) is 42.1. The van der Waals surface area contributed by atoms with Crippen LogP contribution in [-0.4, -0.2) is 144 Å². The highest BCUT2D eigenvalue weighted by Gasteiger charge is 2.38. The summed E-state index contributed by atoms with van der Waals surface area (Å²) in [5.41, 5.74) is 15.4. The molecule has 123 heavy (non-hydrogen) atoms. The number of hydrogen-bond acceptors (Lipinski definition) is 20. The summed E-state index contributed by atoms with van der Waals surface area (Å²) in [6.45, 7) is 12.1. The standard InChI is InChI=1S/C31H25ClN6O3S.C31H30FN7O4S.C26H22FN7O2S/c32-22-7-3-20(4-8-22)21-5-11-24(12-6-21)38-28-25-26(36-31(38)40)27(42-30(25)34-18-33-28)29(39)35-23-9-1-19(2-10-23)17-37-13-15-41-16-14-37;1-31(2,3)43-30(42)34-12-5-11-33-27(40)25-24-23-26(35-17-36-28(23)44-25)39(29(41)37-24)21-8-9-22-19(15-21)10-13-38(22)16-18-6-4-7-20(32)14-18;27-17-4-1-3-15(11-17)13-33-10-7-16-12-18(5-6-19(16)33)34-23-20-21(32-26(34)36)22(24(35)29-9-2-8-28)37-25(20)31-14-30-23/h1-12,18H,13-17H2,(H,35,39)(H,36,40);4,6-10,13-15,17H,5,11-12,16H2,1-3H3,(H,33,40)(H,34,42)(H,37,41);1,3-7,10-12,14H,2,8-9,13,28H2,(H,29,35)(H,32,36). The maximum atomic E-state index is 13.7. The molecule has 7 aromatic carbocycles. The van der Waals surface area contributed by atoms with Gasteiger partial charge in [-0.15, -0.1) is 34.0 Å². The van der Waals surface area contributed by atoms with Gasteiger partial charge in [-0.1, -0.05) is 72.3 Å². The summed E-state index contributed by atoms with van der Waals surface area (Å²) in [5.74, 6) is -0.291. The summed E-state index contributed by atoms with van der Waals surface area (Å²) in [5, 5.41) is 24.3. The molecule has 0 spiro atoms. The molecule has 29 nitrogen and oxygen atoms in total. The Morgan fingerprint density at radius 2 is 0.943 bits per heavy atom. The average Bonchev–Trinajstić information content (AvgIpc) is 1.62. The lowest BCUT2D eigenvalue weighted by Gasteiger charge is -2.27. The van der Waals surface area contributed by atoms with E-state index in [0.29, 0.717) is 160 Å². The number of carbonyl (C=O) groups excluding carboxylic acids is 7. The number of nitrogens with two attached hydrogens (primary N) is 1. The summed E-state index contributed by atoms with van der Waals surface area (Å²) in [6, 6.07) is 49.9. The third kappa shape index (κ3) is 17.5. The van der Waals surface area contributed by atoms with E-state index < -0.39 is 29.8 Å². The molecule has 9 N–H and O–H groups in total. The van der Waals surface area contributed by atoms with Gasteiger partial charge in [0.2, 0.25) is 0 Å². The zero-order valence-corrected chi connectivity index (χ0v) is 69.4. The van der Waals surface area contributed by atoms with Gasteiger partial charge < -0.3 is 61.6 Å². The number of fused-ring (bicyclic) bond motifs is 2. The van der Waals surface area contributed by atoms with Gasteiger partial charge in [-0.25, -0.2) is 72.6 Å². The number of nitrogens with one attached hydrogen (secondary N) is 7. The van der Waals surface area contributed by atoms with Crippen LogP contribution in [0.3, 0.4) is 0 Å². The van der Waals surface area contributed by atoms with Crippen molar-refractivity contribution in [1.82, 2.24) is 59.9 Å². The van der Waals surface area contributed by atoms with E-state index in [0.717, 1.165) is 76.9 Å². The summed E-state index contributed by atoms with van der Waals surface area (Å²) in [7, 11) is 0. The number of hydrogen-bond donors (Lipinski definition) is 8. The highest BCUT2D eigenvalue weighted by Crippen LogP contribution is 2.49. The summed E-state index contributed by atoms with van der Waals surface area (Å²) >= 11 is 9.63. The Hall–Kier alpha value is -13.7. The fraction of sp³-hybridized carbons (Fsp3) is 0.193. The lowest BCUT2D eigenvalue weighted by Crippen LogP contribution is -2.36. The zero-order chi connectivity index (χ0) is 85.2.